The minimum Gasteiger partial charge on any atom is -0.396 e. The first kappa shape index (κ1) is 12.8. The van der Waals surface area contributed by atoms with Crippen molar-refractivity contribution in [3.63, 3.8) is 0 Å². The quantitative estimate of drug-likeness (QED) is 0.519. The van der Waals surface area contributed by atoms with E-state index < -0.39 is 10.1 Å². The van der Waals surface area contributed by atoms with Gasteiger partial charge in [-0.15, -0.1) is 0 Å². The smallest absolute Gasteiger partial charge is 0.264 e. The van der Waals surface area contributed by atoms with Crippen LogP contribution in [0.2, 0.25) is 0 Å². The Bertz CT molecular complexity index is 227. The molecular formula is C7H17NO4S. The standard InChI is InChI=1S/C7H17NO4S/c1-6(2-4-9)7(8)3-5-13(10,11)12/h6-7,9H,2-5,8H2,1H3,(H,10,11,12). The Hall–Kier alpha value is -0.170. The zero-order valence-electron chi connectivity index (χ0n) is 7.68. The van der Waals surface area contributed by atoms with Crippen molar-refractivity contribution < 1.29 is 18.1 Å². The lowest BCUT2D eigenvalue weighted by atomic mass is 9.98. The van der Waals surface area contributed by atoms with Crippen LogP contribution in [0.3, 0.4) is 0 Å². The van der Waals surface area contributed by atoms with Gasteiger partial charge in [-0.3, -0.25) is 4.55 Å². The monoisotopic (exact) mass is 211 g/mol. The second-order valence-electron chi connectivity index (χ2n) is 3.23. The molecule has 0 bridgehead atoms. The van der Waals surface area contributed by atoms with E-state index in [4.69, 9.17) is 15.4 Å². The van der Waals surface area contributed by atoms with Gasteiger partial charge in [-0.05, 0) is 18.8 Å². The molecule has 2 unspecified atom stereocenters. The van der Waals surface area contributed by atoms with E-state index in [0.29, 0.717) is 6.42 Å². The fourth-order valence-corrected chi connectivity index (χ4v) is 1.56. The Morgan fingerprint density at radius 2 is 1.92 bits per heavy atom. The van der Waals surface area contributed by atoms with Crippen molar-refractivity contribution in [3.05, 3.63) is 0 Å². The molecule has 80 valence electrons. The Kier molecular flexibility index (Phi) is 5.46. The molecular weight excluding hydrogens is 194 g/mol. The van der Waals surface area contributed by atoms with Crippen LogP contribution >= 0.6 is 0 Å². The van der Waals surface area contributed by atoms with Crippen molar-refractivity contribution in [2.75, 3.05) is 12.4 Å². The molecule has 4 N–H and O–H groups in total. The number of aliphatic hydroxyl groups is 1. The molecule has 6 heteroatoms. The predicted molar refractivity (Wildman–Crippen MR) is 49.9 cm³/mol. The van der Waals surface area contributed by atoms with Gasteiger partial charge < -0.3 is 10.8 Å². The van der Waals surface area contributed by atoms with Crippen LogP contribution in [-0.2, 0) is 10.1 Å². The second kappa shape index (κ2) is 5.54. The molecule has 0 aliphatic rings. The summed E-state index contributed by atoms with van der Waals surface area (Å²) in [5.41, 5.74) is 5.62. The lowest BCUT2D eigenvalue weighted by molar-refractivity contribution is 0.248. The van der Waals surface area contributed by atoms with E-state index in [2.05, 4.69) is 0 Å². The minimum atomic E-state index is -3.91. The van der Waals surface area contributed by atoms with E-state index in [1.54, 1.807) is 0 Å². The summed E-state index contributed by atoms with van der Waals surface area (Å²) >= 11 is 0. The van der Waals surface area contributed by atoms with Crippen LogP contribution in [0.5, 0.6) is 0 Å². The van der Waals surface area contributed by atoms with Gasteiger partial charge in [0.05, 0.1) is 5.75 Å². The Morgan fingerprint density at radius 1 is 1.38 bits per heavy atom. The Labute approximate surface area is 78.7 Å². The third-order valence-corrected chi connectivity index (χ3v) is 2.78. The third kappa shape index (κ3) is 6.94. The fraction of sp³-hybridized carbons (Fsp3) is 1.00. The molecule has 0 aromatic heterocycles. The zero-order chi connectivity index (χ0) is 10.5. The van der Waals surface area contributed by atoms with Gasteiger partial charge in [-0.1, -0.05) is 6.92 Å². The molecule has 0 saturated heterocycles. The van der Waals surface area contributed by atoms with Crippen LogP contribution in [0.25, 0.3) is 0 Å². The third-order valence-electron chi connectivity index (χ3n) is 2.02. The van der Waals surface area contributed by atoms with Crippen molar-refractivity contribution in [1.29, 1.82) is 0 Å². The molecule has 0 spiro atoms. The molecule has 0 radical (unpaired) electrons. The van der Waals surface area contributed by atoms with Crippen LogP contribution in [-0.4, -0.2) is 36.5 Å². The van der Waals surface area contributed by atoms with Crippen LogP contribution < -0.4 is 5.73 Å². The summed E-state index contributed by atoms with van der Waals surface area (Å²) in [6.45, 7) is 1.88. The highest BCUT2D eigenvalue weighted by Crippen LogP contribution is 2.09. The topological polar surface area (TPSA) is 101 Å². The van der Waals surface area contributed by atoms with Gasteiger partial charge in [0.15, 0.2) is 0 Å². The van der Waals surface area contributed by atoms with Crippen molar-refractivity contribution in [2.45, 2.75) is 25.8 Å². The minimum absolute atomic E-state index is 0.0424. The summed E-state index contributed by atoms with van der Waals surface area (Å²) in [5, 5.41) is 8.59. The molecule has 5 nitrogen and oxygen atoms in total. The van der Waals surface area contributed by atoms with Crippen molar-refractivity contribution in [1.82, 2.24) is 0 Å². The van der Waals surface area contributed by atoms with Crippen LogP contribution in [0.1, 0.15) is 19.8 Å². The molecule has 0 amide bonds. The number of hydrogen-bond donors (Lipinski definition) is 3. The number of rotatable bonds is 6. The molecule has 13 heavy (non-hydrogen) atoms. The highest BCUT2D eigenvalue weighted by atomic mass is 32.2. The molecule has 2 atom stereocenters. The molecule has 0 heterocycles. The normalized spacial score (nSPS) is 16.9. The lowest BCUT2D eigenvalue weighted by Crippen LogP contribution is -2.31. The maximum atomic E-state index is 10.4. The maximum Gasteiger partial charge on any atom is 0.264 e. The van der Waals surface area contributed by atoms with Crippen LogP contribution in [0.4, 0.5) is 0 Å². The highest BCUT2D eigenvalue weighted by Gasteiger charge is 2.15. The molecule has 0 saturated carbocycles. The first-order valence-electron chi connectivity index (χ1n) is 4.18. The number of aliphatic hydroxyl groups excluding tert-OH is 1. The summed E-state index contributed by atoms with van der Waals surface area (Å²) in [5.74, 6) is -0.254. The summed E-state index contributed by atoms with van der Waals surface area (Å²) < 4.78 is 29.2. The van der Waals surface area contributed by atoms with E-state index in [1.807, 2.05) is 6.92 Å². The van der Waals surface area contributed by atoms with Gasteiger partial charge in [-0.25, -0.2) is 0 Å². The molecule has 0 aromatic carbocycles. The largest absolute Gasteiger partial charge is 0.396 e. The van der Waals surface area contributed by atoms with E-state index >= 15 is 0 Å². The molecule has 0 aromatic rings. The molecule has 0 aliphatic heterocycles. The van der Waals surface area contributed by atoms with Gasteiger partial charge in [0, 0.05) is 12.6 Å². The van der Waals surface area contributed by atoms with Gasteiger partial charge >= 0.3 is 0 Å². The summed E-state index contributed by atoms with van der Waals surface area (Å²) in [7, 11) is -3.91. The number of hydrogen-bond acceptors (Lipinski definition) is 4. The van der Waals surface area contributed by atoms with Crippen molar-refractivity contribution in [3.8, 4) is 0 Å². The molecule has 0 fully saturated rings. The summed E-state index contributed by atoms with van der Waals surface area (Å²) in [4.78, 5) is 0. The summed E-state index contributed by atoms with van der Waals surface area (Å²) in [6.07, 6.45) is 0.770. The highest BCUT2D eigenvalue weighted by molar-refractivity contribution is 7.85. The van der Waals surface area contributed by atoms with E-state index in [9.17, 15) is 8.42 Å². The average Bonchev–Trinajstić information content (AvgIpc) is 1.99. The van der Waals surface area contributed by atoms with E-state index in [0.717, 1.165) is 0 Å². The lowest BCUT2D eigenvalue weighted by Gasteiger charge is -2.17. The molecule has 0 aliphatic carbocycles. The zero-order valence-corrected chi connectivity index (χ0v) is 8.50. The fourth-order valence-electron chi connectivity index (χ4n) is 0.987. The Balaban J connectivity index is 3.80. The van der Waals surface area contributed by atoms with E-state index in [-0.39, 0.29) is 30.7 Å². The summed E-state index contributed by atoms with van der Waals surface area (Å²) in [6, 6.07) is -0.297. The molecule has 0 rings (SSSR count). The van der Waals surface area contributed by atoms with Gasteiger partial charge in [0.1, 0.15) is 0 Å². The first-order chi connectivity index (χ1) is 5.87. The van der Waals surface area contributed by atoms with E-state index in [1.165, 1.54) is 0 Å². The van der Waals surface area contributed by atoms with Crippen molar-refractivity contribution >= 4 is 10.1 Å². The number of nitrogens with two attached hydrogens (primary N) is 1. The average molecular weight is 211 g/mol. The van der Waals surface area contributed by atoms with Crippen LogP contribution in [0.15, 0.2) is 0 Å². The van der Waals surface area contributed by atoms with Gasteiger partial charge in [0.25, 0.3) is 10.1 Å². The predicted octanol–water partition coefficient (Wildman–Crippen LogP) is -0.390. The first-order valence-corrected chi connectivity index (χ1v) is 5.79. The van der Waals surface area contributed by atoms with Gasteiger partial charge in [-0.2, -0.15) is 8.42 Å². The van der Waals surface area contributed by atoms with Gasteiger partial charge in [0.2, 0.25) is 0 Å². The Morgan fingerprint density at radius 3 is 2.31 bits per heavy atom. The SMILES string of the molecule is CC(CCO)C(N)CCS(=O)(=O)O. The maximum absolute atomic E-state index is 10.4. The van der Waals surface area contributed by atoms with Crippen LogP contribution in [0, 0.1) is 5.92 Å². The second-order valence-corrected chi connectivity index (χ2v) is 4.80. The van der Waals surface area contributed by atoms with Crippen molar-refractivity contribution in [2.24, 2.45) is 11.7 Å².